The van der Waals surface area contributed by atoms with Crippen LogP contribution in [0.25, 0.3) is 6.08 Å². The van der Waals surface area contributed by atoms with Crippen molar-refractivity contribution in [2.45, 2.75) is 38.1 Å². The Kier molecular flexibility index (Phi) is 4.49. The maximum Gasteiger partial charge on any atom is 0.227 e. The van der Waals surface area contributed by atoms with Crippen molar-refractivity contribution < 1.29 is 9.18 Å². The molecule has 3 saturated carbocycles. The van der Waals surface area contributed by atoms with Crippen LogP contribution in [-0.4, -0.2) is 23.8 Å². The Labute approximate surface area is 176 Å². The molecule has 2 aromatic carbocycles. The Morgan fingerprint density at radius 2 is 1.83 bits per heavy atom. The maximum absolute atomic E-state index is 13.1. The number of amides is 1. The van der Waals surface area contributed by atoms with E-state index in [9.17, 15) is 9.18 Å². The number of carbonyl (C=O) groups excluding carboxylic acids is 1. The predicted octanol–water partition coefficient (Wildman–Crippen LogP) is 4.78. The molecule has 1 aliphatic heterocycles. The largest absolute Gasteiger partial charge is 0.364 e. The van der Waals surface area contributed by atoms with Crippen LogP contribution in [0.1, 0.15) is 43.7 Å². The number of hydrogen-bond donors (Lipinski definition) is 2. The van der Waals surface area contributed by atoms with Crippen molar-refractivity contribution in [1.82, 2.24) is 5.32 Å². The number of aliphatic imine (C=N–C) groups is 1. The number of rotatable bonds is 4. The standard InChI is InChI=1S/C25H26FN3O/c1-17(23(30)28-20-11-9-19(26)10-12-20)24-14-25(15-24,16-24)29-22-21-8-3-2-6-18(21)7-4-5-13-27-22/h2-4,6-12,17H,5,13-16H2,1H3,(H,27,29)(H,28,30)/b7-4-. The molecule has 30 heavy (non-hydrogen) atoms. The molecule has 1 amide bonds. The van der Waals surface area contributed by atoms with Gasteiger partial charge >= 0.3 is 0 Å². The molecule has 0 saturated heterocycles. The number of benzene rings is 2. The molecule has 1 atom stereocenters. The second kappa shape index (κ2) is 7.08. The van der Waals surface area contributed by atoms with Gasteiger partial charge in [-0.25, -0.2) is 4.39 Å². The van der Waals surface area contributed by atoms with E-state index in [1.807, 2.05) is 6.92 Å². The van der Waals surface area contributed by atoms with Gasteiger partial charge in [0, 0.05) is 29.3 Å². The number of fused-ring (bicyclic) bond motifs is 1. The third-order valence-corrected chi connectivity index (χ3v) is 6.96. The van der Waals surface area contributed by atoms with Crippen molar-refractivity contribution in [2.75, 3.05) is 11.9 Å². The van der Waals surface area contributed by atoms with Crippen LogP contribution in [0.5, 0.6) is 0 Å². The van der Waals surface area contributed by atoms with Crippen LogP contribution in [0.4, 0.5) is 10.1 Å². The monoisotopic (exact) mass is 403 g/mol. The average Bonchev–Trinajstić information content (AvgIpc) is 2.67. The molecule has 0 spiro atoms. The van der Waals surface area contributed by atoms with E-state index >= 15 is 0 Å². The lowest BCUT2D eigenvalue weighted by Crippen LogP contribution is -2.77. The summed E-state index contributed by atoms with van der Waals surface area (Å²) in [7, 11) is 0. The third-order valence-electron chi connectivity index (χ3n) is 6.96. The first kappa shape index (κ1) is 19.0. The number of carbonyl (C=O) groups is 1. The van der Waals surface area contributed by atoms with E-state index in [4.69, 9.17) is 4.99 Å². The zero-order chi connectivity index (χ0) is 20.8. The van der Waals surface area contributed by atoms with E-state index in [0.29, 0.717) is 5.69 Å². The fraction of sp³-hybridized carbons (Fsp3) is 0.360. The summed E-state index contributed by atoms with van der Waals surface area (Å²) in [6.45, 7) is 2.79. The van der Waals surface area contributed by atoms with Gasteiger partial charge < -0.3 is 10.6 Å². The van der Waals surface area contributed by atoms with Crippen LogP contribution < -0.4 is 10.6 Å². The van der Waals surface area contributed by atoms with Gasteiger partial charge in [0.1, 0.15) is 11.7 Å². The third kappa shape index (κ3) is 3.22. The average molecular weight is 404 g/mol. The zero-order valence-corrected chi connectivity index (χ0v) is 17.1. The summed E-state index contributed by atoms with van der Waals surface area (Å²) in [5.41, 5.74) is 3.09. The Bertz CT molecular complexity index is 1020. The van der Waals surface area contributed by atoms with Crippen LogP contribution in [-0.2, 0) is 4.79 Å². The molecule has 2 bridgehead atoms. The first-order chi connectivity index (χ1) is 14.5. The molecule has 1 unspecified atom stereocenters. The van der Waals surface area contributed by atoms with Gasteiger partial charge in [0.15, 0.2) is 0 Å². The lowest BCUT2D eigenvalue weighted by atomic mass is 9.36. The minimum absolute atomic E-state index is 0.00804. The topological polar surface area (TPSA) is 53.5 Å². The Morgan fingerprint density at radius 1 is 1.10 bits per heavy atom. The minimum Gasteiger partial charge on any atom is -0.364 e. The van der Waals surface area contributed by atoms with Gasteiger partial charge in [-0.2, -0.15) is 0 Å². The summed E-state index contributed by atoms with van der Waals surface area (Å²) < 4.78 is 13.1. The quantitative estimate of drug-likeness (QED) is 0.772. The van der Waals surface area contributed by atoms with E-state index < -0.39 is 0 Å². The van der Waals surface area contributed by atoms with Crippen LogP contribution in [0.2, 0.25) is 0 Å². The smallest absolute Gasteiger partial charge is 0.227 e. The lowest BCUT2D eigenvalue weighted by Gasteiger charge is -2.72. The zero-order valence-electron chi connectivity index (χ0n) is 17.1. The van der Waals surface area contributed by atoms with Crippen molar-refractivity contribution in [3.8, 4) is 0 Å². The Hall–Kier alpha value is -2.95. The van der Waals surface area contributed by atoms with E-state index in [2.05, 4.69) is 47.1 Å². The van der Waals surface area contributed by atoms with Gasteiger partial charge in [0.05, 0.1) is 0 Å². The van der Waals surface area contributed by atoms with Gasteiger partial charge in [-0.3, -0.25) is 9.79 Å². The molecule has 3 fully saturated rings. The normalized spacial score (nSPS) is 28.4. The van der Waals surface area contributed by atoms with Gasteiger partial charge in [-0.15, -0.1) is 0 Å². The fourth-order valence-electron chi connectivity index (χ4n) is 5.28. The van der Waals surface area contributed by atoms with Crippen molar-refractivity contribution in [1.29, 1.82) is 0 Å². The summed E-state index contributed by atoms with van der Waals surface area (Å²) in [5.74, 6) is 0.601. The minimum atomic E-state index is -0.303. The van der Waals surface area contributed by atoms with Crippen LogP contribution >= 0.6 is 0 Å². The molecule has 4 nitrogen and oxygen atoms in total. The molecule has 6 rings (SSSR count). The van der Waals surface area contributed by atoms with Gasteiger partial charge in [-0.1, -0.05) is 43.3 Å². The Balaban J connectivity index is 1.24. The molecule has 0 aromatic heterocycles. The van der Waals surface area contributed by atoms with Crippen molar-refractivity contribution >= 4 is 23.5 Å². The number of nitrogens with zero attached hydrogens (tertiary/aromatic N) is 1. The molecular formula is C25H26FN3O. The van der Waals surface area contributed by atoms with Gasteiger partial charge in [0.25, 0.3) is 0 Å². The number of anilines is 1. The molecule has 2 N–H and O–H groups in total. The first-order valence-corrected chi connectivity index (χ1v) is 10.6. The van der Waals surface area contributed by atoms with Crippen molar-refractivity contribution in [3.63, 3.8) is 0 Å². The van der Waals surface area contributed by atoms with E-state index in [1.165, 1.54) is 17.7 Å². The number of halogens is 1. The molecular weight excluding hydrogens is 377 g/mol. The summed E-state index contributed by atoms with van der Waals surface area (Å²) in [5, 5.41) is 6.67. The highest BCUT2D eigenvalue weighted by Crippen LogP contribution is 2.70. The predicted molar refractivity (Wildman–Crippen MR) is 118 cm³/mol. The SMILES string of the molecule is CC(C(=O)Nc1ccc(F)cc1)C12CC(NC3=NCC/C=C\c4ccccc43)(C1)C2. The van der Waals surface area contributed by atoms with E-state index in [1.54, 1.807) is 12.1 Å². The van der Waals surface area contributed by atoms with Gasteiger partial charge in [-0.05, 0) is 60.9 Å². The summed E-state index contributed by atoms with van der Waals surface area (Å²) in [6, 6.07) is 14.3. The van der Waals surface area contributed by atoms with Crippen LogP contribution in [0, 0.1) is 17.2 Å². The molecule has 3 aliphatic carbocycles. The molecule has 154 valence electrons. The fourth-order valence-corrected chi connectivity index (χ4v) is 5.28. The number of hydrogen-bond acceptors (Lipinski definition) is 3. The first-order valence-electron chi connectivity index (χ1n) is 10.6. The molecule has 4 aliphatic rings. The maximum atomic E-state index is 13.1. The number of amidine groups is 1. The molecule has 2 aromatic rings. The second-order valence-corrected chi connectivity index (χ2v) is 9.02. The second-order valence-electron chi connectivity index (χ2n) is 9.02. The summed E-state index contributed by atoms with van der Waals surface area (Å²) in [6.07, 6.45) is 8.24. The highest BCUT2D eigenvalue weighted by molar-refractivity contribution is 6.03. The number of nitrogens with one attached hydrogen (secondary N) is 2. The van der Waals surface area contributed by atoms with E-state index in [-0.39, 0.29) is 28.6 Å². The molecule has 1 heterocycles. The lowest BCUT2D eigenvalue weighted by molar-refractivity contribution is -0.182. The Morgan fingerprint density at radius 3 is 2.60 bits per heavy atom. The molecule has 0 radical (unpaired) electrons. The van der Waals surface area contributed by atoms with Crippen LogP contribution in [0.15, 0.2) is 59.6 Å². The highest BCUT2D eigenvalue weighted by atomic mass is 19.1. The van der Waals surface area contributed by atoms with Crippen molar-refractivity contribution in [2.24, 2.45) is 16.3 Å². The molecule has 5 heteroatoms. The summed E-state index contributed by atoms with van der Waals surface area (Å²) >= 11 is 0. The summed E-state index contributed by atoms with van der Waals surface area (Å²) in [4.78, 5) is 17.6. The van der Waals surface area contributed by atoms with Gasteiger partial charge in [0.2, 0.25) is 5.91 Å². The van der Waals surface area contributed by atoms with E-state index in [0.717, 1.165) is 43.6 Å². The highest BCUT2D eigenvalue weighted by Gasteiger charge is 2.71. The van der Waals surface area contributed by atoms with Crippen LogP contribution in [0.3, 0.4) is 0 Å². The van der Waals surface area contributed by atoms with Crippen molar-refractivity contribution in [3.05, 3.63) is 71.6 Å².